The van der Waals surface area contributed by atoms with Gasteiger partial charge in [-0.3, -0.25) is 4.79 Å². The highest BCUT2D eigenvalue weighted by Crippen LogP contribution is 2.20. The molecule has 5 heteroatoms. The molecule has 0 aliphatic carbocycles. The Balaban J connectivity index is 2.31. The van der Waals surface area contributed by atoms with Crippen LogP contribution in [0.25, 0.3) is 0 Å². The first-order valence-electron chi connectivity index (χ1n) is 5.26. The topological polar surface area (TPSA) is 29.1 Å². The maximum atomic E-state index is 11.8. The van der Waals surface area contributed by atoms with E-state index in [-0.39, 0.29) is 6.54 Å². The molecule has 1 amide bonds. The number of nitrogens with one attached hydrogen (secondary N) is 1. The number of aryl methyl sites for hydroxylation is 1. The second-order valence-corrected chi connectivity index (χ2v) is 3.88. The number of carbonyl (C=O) groups excluding carboxylic acids is 1. The first-order chi connectivity index (χ1) is 7.87. The van der Waals surface area contributed by atoms with Gasteiger partial charge in [-0.15, -0.1) is 0 Å². The van der Waals surface area contributed by atoms with Gasteiger partial charge >= 0.3 is 6.18 Å². The molecule has 0 unspecified atom stereocenters. The number of carbonyl (C=O) groups is 1. The predicted octanol–water partition coefficient (Wildman–Crippen LogP) is 2.95. The molecule has 0 atom stereocenters. The molecule has 94 valence electrons. The molecular formula is C12H14F3NO. The van der Waals surface area contributed by atoms with Gasteiger partial charge in [-0.05, 0) is 12.5 Å². The molecule has 0 aliphatic heterocycles. The van der Waals surface area contributed by atoms with Crippen LogP contribution in [0.15, 0.2) is 24.3 Å². The lowest BCUT2D eigenvalue weighted by molar-refractivity contribution is -0.144. The van der Waals surface area contributed by atoms with E-state index in [1.165, 1.54) is 0 Å². The lowest BCUT2D eigenvalue weighted by Crippen LogP contribution is -2.24. The van der Waals surface area contributed by atoms with Crippen LogP contribution < -0.4 is 5.32 Å². The molecule has 0 heterocycles. The Hall–Kier alpha value is -1.52. The molecule has 2 nitrogen and oxygen atoms in total. The van der Waals surface area contributed by atoms with Crippen molar-refractivity contribution in [3.63, 3.8) is 0 Å². The quantitative estimate of drug-likeness (QED) is 0.868. The van der Waals surface area contributed by atoms with Crippen LogP contribution in [0.5, 0.6) is 0 Å². The van der Waals surface area contributed by atoms with Crippen LogP contribution in [0.1, 0.15) is 24.0 Å². The summed E-state index contributed by atoms with van der Waals surface area (Å²) in [5.41, 5.74) is 1.97. The van der Waals surface area contributed by atoms with Crippen molar-refractivity contribution in [3.8, 4) is 0 Å². The summed E-state index contributed by atoms with van der Waals surface area (Å²) in [4.78, 5) is 11.1. The highest BCUT2D eigenvalue weighted by molar-refractivity contribution is 5.75. The van der Waals surface area contributed by atoms with Crippen molar-refractivity contribution < 1.29 is 18.0 Å². The fourth-order valence-corrected chi connectivity index (χ4v) is 1.25. The summed E-state index contributed by atoms with van der Waals surface area (Å²) in [5.74, 6) is -0.581. The Kier molecular flexibility index (Phi) is 4.54. The largest absolute Gasteiger partial charge is 0.389 e. The van der Waals surface area contributed by atoms with E-state index in [1.54, 1.807) is 0 Å². The van der Waals surface area contributed by atoms with Crippen LogP contribution in [0, 0.1) is 6.92 Å². The SMILES string of the molecule is Cc1ccc(CNC(=O)CCC(F)(F)F)cc1. The van der Waals surface area contributed by atoms with Crippen LogP contribution in [0.4, 0.5) is 13.2 Å². The van der Waals surface area contributed by atoms with Crippen LogP contribution >= 0.6 is 0 Å². The first-order valence-corrected chi connectivity index (χ1v) is 5.26. The van der Waals surface area contributed by atoms with Crippen LogP contribution in [0.2, 0.25) is 0 Å². The number of rotatable bonds is 4. The van der Waals surface area contributed by atoms with Crippen LogP contribution in [-0.2, 0) is 11.3 Å². The number of hydrogen-bond donors (Lipinski definition) is 1. The molecule has 0 radical (unpaired) electrons. The van der Waals surface area contributed by atoms with Gasteiger partial charge in [0.1, 0.15) is 0 Å². The van der Waals surface area contributed by atoms with Crippen molar-refractivity contribution in [1.29, 1.82) is 0 Å². The zero-order valence-electron chi connectivity index (χ0n) is 9.47. The number of hydrogen-bond acceptors (Lipinski definition) is 1. The van der Waals surface area contributed by atoms with Gasteiger partial charge in [-0.25, -0.2) is 0 Å². The lowest BCUT2D eigenvalue weighted by atomic mass is 10.1. The summed E-state index contributed by atoms with van der Waals surface area (Å²) in [6.45, 7) is 2.20. The normalized spacial score (nSPS) is 11.3. The van der Waals surface area contributed by atoms with E-state index in [2.05, 4.69) is 5.32 Å². The smallest absolute Gasteiger partial charge is 0.352 e. The number of alkyl halides is 3. The summed E-state index contributed by atoms with van der Waals surface area (Å²) in [6, 6.07) is 7.44. The summed E-state index contributed by atoms with van der Waals surface area (Å²) in [7, 11) is 0. The fraction of sp³-hybridized carbons (Fsp3) is 0.417. The van der Waals surface area contributed by atoms with Gasteiger partial charge < -0.3 is 5.32 Å². The zero-order valence-corrected chi connectivity index (χ0v) is 9.47. The second kappa shape index (κ2) is 5.70. The van der Waals surface area contributed by atoms with Gasteiger partial charge in [0.05, 0.1) is 6.42 Å². The number of amides is 1. The van der Waals surface area contributed by atoms with E-state index in [0.29, 0.717) is 0 Å². The average molecular weight is 245 g/mol. The standard InChI is InChI=1S/C12H14F3NO/c1-9-2-4-10(5-3-9)8-16-11(17)6-7-12(13,14)15/h2-5H,6-8H2,1H3,(H,16,17). The lowest BCUT2D eigenvalue weighted by Gasteiger charge is -2.07. The molecule has 17 heavy (non-hydrogen) atoms. The van der Waals surface area contributed by atoms with Gasteiger partial charge in [-0.1, -0.05) is 29.8 Å². The molecule has 0 saturated carbocycles. The highest BCUT2D eigenvalue weighted by Gasteiger charge is 2.27. The van der Waals surface area contributed by atoms with E-state index >= 15 is 0 Å². The second-order valence-electron chi connectivity index (χ2n) is 3.88. The summed E-state index contributed by atoms with van der Waals surface area (Å²) in [5, 5.41) is 2.45. The van der Waals surface area contributed by atoms with Crippen molar-refractivity contribution in [3.05, 3.63) is 35.4 Å². The third-order valence-electron chi connectivity index (χ3n) is 2.25. The monoisotopic (exact) mass is 245 g/mol. The Morgan fingerprint density at radius 3 is 2.35 bits per heavy atom. The van der Waals surface area contributed by atoms with E-state index < -0.39 is 24.9 Å². The van der Waals surface area contributed by atoms with Gasteiger partial charge in [0.15, 0.2) is 0 Å². The van der Waals surface area contributed by atoms with E-state index in [4.69, 9.17) is 0 Å². The Bertz CT molecular complexity index is 370. The van der Waals surface area contributed by atoms with Gasteiger partial charge in [-0.2, -0.15) is 13.2 Å². The van der Waals surface area contributed by atoms with Crippen molar-refractivity contribution in [2.45, 2.75) is 32.5 Å². The molecule has 0 aromatic heterocycles. The van der Waals surface area contributed by atoms with Crippen molar-refractivity contribution in [1.82, 2.24) is 5.32 Å². The van der Waals surface area contributed by atoms with Gasteiger partial charge in [0.25, 0.3) is 0 Å². The molecule has 0 aliphatic rings. The predicted molar refractivity (Wildman–Crippen MR) is 58.3 cm³/mol. The molecule has 0 bridgehead atoms. The zero-order chi connectivity index (χ0) is 12.9. The minimum atomic E-state index is -4.28. The third-order valence-corrected chi connectivity index (χ3v) is 2.25. The van der Waals surface area contributed by atoms with Crippen molar-refractivity contribution in [2.24, 2.45) is 0 Å². The third kappa shape index (κ3) is 5.94. The molecule has 0 fully saturated rings. The Morgan fingerprint density at radius 2 is 1.82 bits per heavy atom. The number of benzene rings is 1. The molecular weight excluding hydrogens is 231 g/mol. The summed E-state index contributed by atoms with van der Waals surface area (Å²) < 4.78 is 35.5. The molecule has 1 N–H and O–H groups in total. The first kappa shape index (κ1) is 13.5. The Labute approximate surface area is 97.8 Å². The highest BCUT2D eigenvalue weighted by atomic mass is 19.4. The van der Waals surface area contributed by atoms with E-state index in [9.17, 15) is 18.0 Å². The summed E-state index contributed by atoms with van der Waals surface area (Å²) in [6.07, 6.45) is -5.87. The van der Waals surface area contributed by atoms with Crippen LogP contribution in [-0.4, -0.2) is 12.1 Å². The molecule has 1 rings (SSSR count). The van der Waals surface area contributed by atoms with Gasteiger partial charge in [0, 0.05) is 13.0 Å². The van der Waals surface area contributed by atoms with E-state index in [1.807, 2.05) is 31.2 Å². The van der Waals surface area contributed by atoms with E-state index in [0.717, 1.165) is 11.1 Å². The average Bonchev–Trinajstić information content (AvgIpc) is 2.25. The molecule has 0 spiro atoms. The number of halogens is 3. The molecule has 1 aromatic rings. The Morgan fingerprint density at radius 1 is 1.24 bits per heavy atom. The maximum Gasteiger partial charge on any atom is 0.389 e. The molecule has 1 aromatic carbocycles. The van der Waals surface area contributed by atoms with Gasteiger partial charge in [0.2, 0.25) is 5.91 Å². The molecule has 0 saturated heterocycles. The minimum absolute atomic E-state index is 0.261. The van der Waals surface area contributed by atoms with Crippen molar-refractivity contribution in [2.75, 3.05) is 0 Å². The summed E-state index contributed by atoms with van der Waals surface area (Å²) >= 11 is 0. The fourth-order valence-electron chi connectivity index (χ4n) is 1.25. The van der Waals surface area contributed by atoms with Crippen LogP contribution in [0.3, 0.4) is 0 Å². The maximum absolute atomic E-state index is 11.8. The van der Waals surface area contributed by atoms with Crippen molar-refractivity contribution >= 4 is 5.91 Å². The minimum Gasteiger partial charge on any atom is -0.352 e.